The molecule has 0 amide bonds. The molecule has 0 aliphatic rings. The lowest BCUT2D eigenvalue weighted by Gasteiger charge is -2.03. The first-order valence-corrected chi connectivity index (χ1v) is 5.90. The van der Waals surface area contributed by atoms with E-state index in [9.17, 15) is 9.18 Å². The number of pyridine rings is 1. The summed E-state index contributed by atoms with van der Waals surface area (Å²) in [6, 6.07) is 8.92. The van der Waals surface area contributed by atoms with Gasteiger partial charge in [-0.1, -0.05) is 12.1 Å². The maximum Gasteiger partial charge on any atom is 0.329 e. The topological polar surface area (TPSA) is 39.8 Å². The molecule has 0 unspecified atom stereocenters. The highest BCUT2D eigenvalue weighted by Crippen LogP contribution is 2.13. The first-order valence-electron chi connectivity index (χ1n) is 5.90. The second-order valence-corrected chi connectivity index (χ2v) is 4.43. The van der Waals surface area contributed by atoms with Gasteiger partial charge < -0.3 is 0 Å². The third-order valence-electron chi connectivity index (χ3n) is 3.15. The Balaban J connectivity index is 2.16. The van der Waals surface area contributed by atoms with E-state index in [1.807, 2.05) is 24.3 Å². The number of halogens is 1. The van der Waals surface area contributed by atoms with Gasteiger partial charge in [0.15, 0.2) is 0 Å². The molecule has 0 spiro atoms. The summed E-state index contributed by atoms with van der Waals surface area (Å²) in [6.45, 7) is 0.310. The van der Waals surface area contributed by atoms with Crippen LogP contribution in [0.1, 0.15) is 5.56 Å². The summed E-state index contributed by atoms with van der Waals surface area (Å²) >= 11 is 0. The largest absolute Gasteiger partial charge is 0.329 e. The fourth-order valence-corrected chi connectivity index (χ4v) is 2.24. The highest BCUT2D eigenvalue weighted by Gasteiger charge is 2.10. The van der Waals surface area contributed by atoms with Crippen LogP contribution in [0.15, 0.2) is 47.5 Å². The maximum absolute atomic E-state index is 13.1. The van der Waals surface area contributed by atoms with Crippen molar-refractivity contribution in [3.8, 4) is 0 Å². The molecule has 0 aliphatic heterocycles. The van der Waals surface area contributed by atoms with Gasteiger partial charge >= 0.3 is 5.69 Å². The predicted molar refractivity (Wildman–Crippen MR) is 70.5 cm³/mol. The van der Waals surface area contributed by atoms with E-state index < -0.39 is 5.82 Å². The smallest absolute Gasteiger partial charge is 0.295 e. The molecule has 2 aromatic heterocycles. The van der Waals surface area contributed by atoms with Crippen LogP contribution < -0.4 is 5.69 Å². The molecule has 0 fully saturated rings. The van der Waals surface area contributed by atoms with Gasteiger partial charge in [0, 0.05) is 13.2 Å². The van der Waals surface area contributed by atoms with Crippen molar-refractivity contribution in [3.05, 3.63) is 64.6 Å². The molecule has 0 saturated carbocycles. The summed E-state index contributed by atoms with van der Waals surface area (Å²) in [7, 11) is 1.73. The number of benzene rings is 1. The lowest BCUT2D eigenvalue weighted by atomic mass is 10.2. The third-order valence-corrected chi connectivity index (χ3v) is 3.15. The lowest BCUT2D eigenvalue weighted by Crippen LogP contribution is -2.22. The monoisotopic (exact) mass is 257 g/mol. The van der Waals surface area contributed by atoms with Crippen LogP contribution in [0.5, 0.6) is 0 Å². The van der Waals surface area contributed by atoms with E-state index >= 15 is 0 Å². The average Bonchev–Trinajstić information content (AvgIpc) is 2.65. The molecule has 3 aromatic rings. The van der Waals surface area contributed by atoms with Crippen LogP contribution in [-0.4, -0.2) is 14.1 Å². The number of aryl methyl sites for hydroxylation is 1. The number of aromatic nitrogens is 3. The Morgan fingerprint density at radius 2 is 1.95 bits per heavy atom. The van der Waals surface area contributed by atoms with Crippen LogP contribution in [0.2, 0.25) is 0 Å². The summed E-state index contributed by atoms with van der Waals surface area (Å²) in [5, 5.41) is 0. The SMILES string of the molecule is Cn1c(=O)n(Cc2cncc(F)c2)c2ccccc21. The van der Waals surface area contributed by atoms with Gasteiger partial charge in [-0.05, 0) is 23.8 Å². The molecule has 5 heteroatoms. The van der Waals surface area contributed by atoms with Gasteiger partial charge in [-0.25, -0.2) is 9.18 Å². The molecule has 0 N–H and O–H groups in total. The first kappa shape index (κ1) is 11.6. The Morgan fingerprint density at radius 3 is 2.68 bits per heavy atom. The maximum atomic E-state index is 13.1. The standard InChI is InChI=1S/C14H12FN3O/c1-17-12-4-2-3-5-13(12)18(14(17)19)9-10-6-11(15)8-16-7-10/h2-8H,9H2,1H3. The van der Waals surface area contributed by atoms with Crippen molar-refractivity contribution < 1.29 is 4.39 Å². The fraction of sp³-hybridized carbons (Fsp3) is 0.143. The predicted octanol–water partition coefficient (Wildman–Crippen LogP) is 1.92. The van der Waals surface area contributed by atoms with E-state index in [0.29, 0.717) is 12.1 Å². The number of fused-ring (bicyclic) bond motifs is 1. The molecule has 4 nitrogen and oxygen atoms in total. The van der Waals surface area contributed by atoms with Crippen molar-refractivity contribution in [1.29, 1.82) is 0 Å². The van der Waals surface area contributed by atoms with E-state index in [2.05, 4.69) is 4.98 Å². The zero-order valence-corrected chi connectivity index (χ0v) is 10.4. The third kappa shape index (κ3) is 1.93. The second kappa shape index (κ2) is 4.35. The van der Waals surface area contributed by atoms with E-state index in [0.717, 1.165) is 17.2 Å². The minimum absolute atomic E-state index is 0.120. The number of hydrogen-bond donors (Lipinski definition) is 0. The van der Waals surface area contributed by atoms with Gasteiger partial charge in [0.1, 0.15) is 5.82 Å². The van der Waals surface area contributed by atoms with Gasteiger partial charge in [-0.3, -0.25) is 14.1 Å². The Labute approximate surface area is 108 Å². The summed E-state index contributed by atoms with van der Waals surface area (Å²) in [5.41, 5.74) is 2.24. The lowest BCUT2D eigenvalue weighted by molar-refractivity contribution is 0.615. The van der Waals surface area contributed by atoms with Crippen LogP contribution >= 0.6 is 0 Å². The number of rotatable bonds is 2. The molecular weight excluding hydrogens is 245 g/mol. The van der Waals surface area contributed by atoms with Crippen molar-refractivity contribution in [2.45, 2.75) is 6.54 Å². The normalized spacial score (nSPS) is 11.1. The van der Waals surface area contributed by atoms with E-state index in [-0.39, 0.29) is 5.69 Å². The molecule has 0 atom stereocenters. The Hall–Kier alpha value is -2.43. The molecule has 96 valence electrons. The van der Waals surface area contributed by atoms with Crippen LogP contribution in [-0.2, 0) is 13.6 Å². The van der Waals surface area contributed by atoms with Crippen molar-refractivity contribution in [2.75, 3.05) is 0 Å². The van der Waals surface area contributed by atoms with Crippen LogP contribution in [0.3, 0.4) is 0 Å². The van der Waals surface area contributed by atoms with Crippen molar-refractivity contribution >= 4 is 11.0 Å². The van der Waals surface area contributed by atoms with Gasteiger partial charge in [0.25, 0.3) is 0 Å². The number of para-hydroxylation sites is 2. The van der Waals surface area contributed by atoms with E-state index in [1.165, 1.54) is 6.07 Å². The van der Waals surface area contributed by atoms with Crippen LogP contribution in [0, 0.1) is 5.82 Å². The number of nitrogens with zero attached hydrogens (tertiary/aromatic N) is 3. The molecule has 0 saturated heterocycles. The van der Waals surface area contributed by atoms with Gasteiger partial charge in [-0.2, -0.15) is 0 Å². The summed E-state index contributed by atoms with van der Waals surface area (Å²) in [4.78, 5) is 16.0. The van der Waals surface area contributed by atoms with E-state index in [4.69, 9.17) is 0 Å². The van der Waals surface area contributed by atoms with Gasteiger partial charge in [0.2, 0.25) is 0 Å². The fourth-order valence-electron chi connectivity index (χ4n) is 2.24. The molecular formula is C14H12FN3O. The Kier molecular flexibility index (Phi) is 2.67. The van der Waals surface area contributed by atoms with Crippen molar-refractivity contribution in [3.63, 3.8) is 0 Å². The molecule has 0 bridgehead atoms. The molecule has 0 radical (unpaired) electrons. The molecule has 3 rings (SSSR count). The highest BCUT2D eigenvalue weighted by molar-refractivity contribution is 5.75. The molecule has 2 heterocycles. The second-order valence-electron chi connectivity index (χ2n) is 4.43. The number of hydrogen-bond acceptors (Lipinski definition) is 2. The highest BCUT2D eigenvalue weighted by atomic mass is 19.1. The minimum atomic E-state index is -0.397. The average molecular weight is 257 g/mol. The van der Waals surface area contributed by atoms with Crippen LogP contribution in [0.25, 0.3) is 11.0 Å². The summed E-state index contributed by atoms with van der Waals surface area (Å²) in [5.74, 6) is -0.397. The zero-order chi connectivity index (χ0) is 13.4. The zero-order valence-electron chi connectivity index (χ0n) is 10.4. The van der Waals surface area contributed by atoms with E-state index in [1.54, 1.807) is 22.4 Å². The Morgan fingerprint density at radius 1 is 1.21 bits per heavy atom. The molecule has 19 heavy (non-hydrogen) atoms. The van der Waals surface area contributed by atoms with Crippen molar-refractivity contribution in [2.24, 2.45) is 7.05 Å². The Bertz CT molecular complexity index is 804. The van der Waals surface area contributed by atoms with Crippen LogP contribution in [0.4, 0.5) is 4.39 Å². The quantitative estimate of drug-likeness (QED) is 0.703. The summed E-state index contributed by atoms with van der Waals surface area (Å²) < 4.78 is 16.3. The first-order chi connectivity index (χ1) is 9.16. The molecule has 1 aromatic carbocycles. The van der Waals surface area contributed by atoms with Gasteiger partial charge in [0.05, 0.1) is 23.8 Å². The number of imidazole rings is 1. The summed E-state index contributed by atoms with van der Waals surface area (Å²) in [6.07, 6.45) is 2.71. The minimum Gasteiger partial charge on any atom is -0.295 e. The molecule has 0 aliphatic carbocycles. The van der Waals surface area contributed by atoms with Crippen molar-refractivity contribution in [1.82, 2.24) is 14.1 Å². The van der Waals surface area contributed by atoms with Gasteiger partial charge in [-0.15, -0.1) is 0 Å².